The van der Waals surface area contributed by atoms with Crippen molar-refractivity contribution in [3.63, 3.8) is 0 Å². The van der Waals surface area contributed by atoms with Gasteiger partial charge in [-0.3, -0.25) is 9.59 Å². The summed E-state index contributed by atoms with van der Waals surface area (Å²) in [7, 11) is 5.35. The topological polar surface area (TPSA) is 92.3 Å². The fraction of sp³-hybridized carbons (Fsp3) is 0.938. The van der Waals surface area contributed by atoms with Crippen molar-refractivity contribution >= 4 is 19.7 Å². The maximum Gasteiger partial charge on any atom is 0.306 e. The zero-order chi connectivity index (χ0) is 30.1. The van der Waals surface area contributed by atoms with Gasteiger partial charge in [0.2, 0.25) is 0 Å². The number of hydrogen-bond donors (Lipinski definition) is 1. The van der Waals surface area contributed by atoms with Crippen molar-refractivity contribution in [1.29, 1.82) is 0 Å². The minimum Gasteiger partial charge on any atom is -0.453 e. The highest BCUT2D eigenvalue weighted by Crippen LogP contribution is 2.25. The molecular formula is C32H62BNO7. The van der Waals surface area contributed by atoms with E-state index in [-0.39, 0.29) is 36.2 Å². The standard InChI is InChI=1S/C32H62BNO7/c1-5-6-7-8-9-10-11-12-13-14-15-16-19-22-28(35)40-26(2)32(36)34-23-20-17-18-21-24-39-30-29(38-4)27(25-37-3)41-31(30)33/h26-27,29-31H,5-25,33H2,1-4H3,(H,34,36)/t26?,27-,29?,30+,31-/m1/s1. The molecule has 1 rings (SSSR count). The smallest absolute Gasteiger partial charge is 0.306 e. The van der Waals surface area contributed by atoms with Gasteiger partial charge in [-0.1, -0.05) is 96.8 Å². The first-order valence-corrected chi connectivity index (χ1v) is 16.7. The van der Waals surface area contributed by atoms with Crippen LogP contribution in [0.3, 0.4) is 0 Å². The molecule has 0 saturated carbocycles. The second-order valence-corrected chi connectivity index (χ2v) is 11.7. The molecule has 5 atom stereocenters. The first kappa shape index (κ1) is 37.9. The number of methoxy groups -OCH3 is 2. The SMILES string of the molecule is B[C@@H]1O[C@H](COC)C(OC)[C@@H]1OCCCCCCNC(=O)C(C)OC(=O)CCCCCCCCCCCCCCC. The lowest BCUT2D eigenvalue weighted by Gasteiger charge is -2.22. The fourth-order valence-corrected chi connectivity index (χ4v) is 5.48. The van der Waals surface area contributed by atoms with Crippen LogP contribution in [0.15, 0.2) is 0 Å². The van der Waals surface area contributed by atoms with E-state index in [9.17, 15) is 9.59 Å². The van der Waals surface area contributed by atoms with Gasteiger partial charge in [0.25, 0.3) is 5.91 Å². The Hall–Kier alpha value is -1.16. The second kappa shape index (κ2) is 25.4. The van der Waals surface area contributed by atoms with Crippen LogP contribution in [0, 0.1) is 0 Å². The summed E-state index contributed by atoms with van der Waals surface area (Å²) < 4.78 is 28.1. The first-order valence-electron chi connectivity index (χ1n) is 16.7. The number of rotatable bonds is 27. The van der Waals surface area contributed by atoms with Crippen molar-refractivity contribution in [2.75, 3.05) is 34.0 Å². The van der Waals surface area contributed by atoms with Crippen molar-refractivity contribution in [3.8, 4) is 0 Å². The van der Waals surface area contributed by atoms with Gasteiger partial charge in [-0.2, -0.15) is 0 Å². The lowest BCUT2D eigenvalue weighted by atomic mass is 9.92. The Balaban J connectivity index is 1.95. The van der Waals surface area contributed by atoms with Crippen LogP contribution in [0.4, 0.5) is 0 Å². The Kier molecular flexibility index (Phi) is 23.4. The fourth-order valence-electron chi connectivity index (χ4n) is 5.48. The Labute approximate surface area is 252 Å². The number of carbonyl (C=O) groups is 2. The first-order chi connectivity index (χ1) is 19.9. The van der Waals surface area contributed by atoms with Gasteiger partial charge in [0.1, 0.15) is 26.2 Å². The molecule has 1 aliphatic rings. The summed E-state index contributed by atoms with van der Waals surface area (Å²) in [5, 5.41) is 2.88. The van der Waals surface area contributed by atoms with E-state index >= 15 is 0 Å². The average Bonchev–Trinajstić information content (AvgIpc) is 3.26. The molecule has 0 spiro atoms. The molecule has 0 aliphatic carbocycles. The van der Waals surface area contributed by atoms with E-state index in [2.05, 4.69) is 12.2 Å². The summed E-state index contributed by atoms with van der Waals surface area (Å²) in [5.74, 6) is -0.500. The quantitative estimate of drug-likeness (QED) is 0.0778. The molecule has 1 heterocycles. The normalized spacial score (nSPS) is 21.2. The third kappa shape index (κ3) is 18.2. The summed E-state index contributed by atoms with van der Waals surface area (Å²) in [6.07, 6.45) is 19.7. The van der Waals surface area contributed by atoms with Crippen LogP contribution in [0.2, 0.25) is 0 Å². The largest absolute Gasteiger partial charge is 0.453 e. The number of esters is 1. The summed E-state index contributed by atoms with van der Waals surface area (Å²) >= 11 is 0. The molecule has 1 N–H and O–H groups in total. The molecule has 0 radical (unpaired) electrons. The monoisotopic (exact) mass is 583 g/mol. The molecule has 1 fully saturated rings. The van der Waals surface area contributed by atoms with Gasteiger partial charge in [0, 0.05) is 33.8 Å². The number of carbonyl (C=O) groups excluding carboxylic acids is 2. The number of ether oxygens (including phenoxy) is 5. The van der Waals surface area contributed by atoms with Crippen molar-refractivity contribution in [2.45, 2.75) is 160 Å². The molecule has 41 heavy (non-hydrogen) atoms. The van der Waals surface area contributed by atoms with Crippen molar-refractivity contribution in [3.05, 3.63) is 0 Å². The molecule has 1 saturated heterocycles. The predicted octanol–water partition coefficient (Wildman–Crippen LogP) is 5.48. The molecule has 8 nitrogen and oxygen atoms in total. The predicted molar refractivity (Wildman–Crippen MR) is 167 cm³/mol. The Morgan fingerprint density at radius 3 is 1.95 bits per heavy atom. The van der Waals surface area contributed by atoms with Gasteiger partial charge in [0.15, 0.2) is 6.10 Å². The average molecular weight is 584 g/mol. The van der Waals surface area contributed by atoms with Crippen LogP contribution in [0.25, 0.3) is 0 Å². The van der Waals surface area contributed by atoms with Crippen LogP contribution in [-0.4, -0.2) is 84.1 Å². The minimum atomic E-state index is -0.746. The third-order valence-corrected chi connectivity index (χ3v) is 7.99. The van der Waals surface area contributed by atoms with E-state index in [1.807, 2.05) is 7.85 Å². The summed E-state index contributed by atoms with van der Waals surface area (Å²) in [5.41, 5.74) is 0. The number of hydrogen-bond acceptors (Lipinski definition) is 7. The van der Waals surface area contributed by atoms with Crippen LogP contribution in [0.1, 0.15) is 129 Å². The highest BCUT2D eigenvalue weighted by Gasteiger charge is 2.43. The molecule has 240 valence electrons. The summed E-state index contributed by atoms with van der Waals surface area (Å²) in [4.78, 5) is 24.4. The lowest BCUT2D eigenvalue weighted by molar-refractivity contribution is -0.154. The number of amides is 1. The van der Waals surface area contributed by atoms with Crippen molar-refractivity contribution < 1.29 is 33.3 Å². The molecule has 1 aliphatic heterocycles. The zero-order valence-corrected chi connectivity index (χ0v) is 27.1. The maximum absolute atomic E-state index is 12.3. The van der Waals surface area contributed by atoms with Gasteiger partial charge < -0.3 is 29.0 Å². The van der Waals surface area contributed by atoms with Crippen LogP contribution >= 0.6 is 0 Å². The molecule has 9 heteroatoms. The van der Waals surface area contributed by atoms with E-state index in [0.717, 1.165) is 38.5 Å². The van der Waals surface area contributed by atoms with E-state index < -0.39 is 6.10 Å². The van der Waals surface area contributed by atoms with Gasteiger partial charge in [-0.15, -0.1) is 0 Å². The summed E-state index contributed by atoms with van der Waals surface area (Å²) in [6.45, 7) is 5.63. The molecule has 1 amide bonds. The minimum absolute atomic E-state index is 0.0271. The maximum atomic E-state index is 12.3. The number of nitrogens with one attached hydrogen (secondary N) is 1. The van der Waals surface area contributed by atoms with Crippen LogP contribution in [0.5, 0.6) is 0 Å². The van der Waals surface area contributed by atoms with Crippen molar-refractivity contribution in [1.82, 2.24) is 5.32 Å². The molecule has 0 aromatic heterocycles. The van der Waals surface area contributed by atoms with Crippen LogP contribution < -0.4 is 5.32 Å². The Morgan fingerprint density at radius 2 is 1.37 bits per heavy atom. The number of unbranched alkanes of at least 4 members (excludes halogenated alkanes) is 15. The lowest BCUT2D eigenvalue weighted by Crippen LogP contribution is -2.38. The summed E-state index contributed by atoms with van der Waals surface area (Å²) in [6, 6.07) is -0.0271. The van der Waals surface area contributed by atoms with Crippen LogP contribution in [-0.2, 0) is 33.3 Å². The molecule has 0 aromatic carbocycles. The van der Waals surface area contributed by atoms with Gasteiger partial charge in [0.05, 0.1) is 12.6 Å². The Morgan fingerprint density at radius 1 is 0.805 bits per heavy atom. The van der Waals surface area contributed by atoms with Gasteiger partial charge in [-0.05, 0) is 26.2 Å². The van der Waals surface area contributed by atoms with E-state index in [1.165, 1.54) is 70.6 Å². The van der Waals surface area contributed by atoms with Gasteiger partial charge >= 0.3 is 5.97 Å². The van der Waals surface area contributed by atoms with Crippen molar-refractivity contribution in [2.24, 2.45) is 0 Å². The molecule has 2 unspecified atom stereocenters. The van der Waals surface area contributed by atoms with E-state index in [1.54, 1.807) is 21.1 Å². The molecule has 0 bridgehead atoms. The highest BCUT2D eigenvalue weighted by atomic mass is 16.6. The molecular weight excluding hydrogens is 521 g/mol. The third-order valence-electron chi connectivity index (χ3n) is 7.99. The van der Waals surface area contributed by atoms with Gasteiger partial charge in [-0.25, -0.2) is 0 Å². The van der Waals surface area contributed by atoms with E-state index in [0.29, 0.717) is 26.2 Å². The van der Waals surface area contributed by atoms with E-state index in [4.69, 9.17) is 23.7 Å². The zero-order valence-electron chi connectivity index (χ0n) is 27.1. The molecule has 0 aromatic rings. The second-order valence-electron chi connectivity index (χ2n) is 11.7. The Bertz CT molecular complexity index is 654. The highest BCUT2D eigenvalue weighted by molar-refractivity contribution is 6.11.